The fraction of sp³-hybridized carbons (Fsp3) is 0.333. The third-order valence-corrected chi connectivity index (χ3v) is 7.27. The van der Waals surface area contributed by atoms with Crippen LogP contribution in [0, 0.1) is 5.92 Å². The number of hydrogen-bond donors (Lipinski definition) is 2. The first-order chi connectivity index (χ1) is 12.7. The van der Waals surface area contributed by atoms with Crippen LogP contribution in [0.4, 0.5) is 5.00 Å². The minimum atomic E-state index is -4.12. The van der Waals surface area contributed by atoms with Gasteiger partial charge in [0.05, 0.1) is 18.2 Å². The highest BCUT2D eigenvalue weighted by Gasteiger charge is 2.30. The van der Waals surface area contributed by atoms with E-state index < -0.39 is 21.9 Å². The zero-order chi connectivity index (χ0) is 19.8. The van der Waals surface area contributed by atoms with E-state index in [4.69, 9.17) is 5.73 Å². The number of rotatable bonds is 5. The van der Waals surface area contributed by atoms with Gasteiger partial charge in [0.2, 0.25) is 0 Å². The Kier molecular flexibility index (Phi) is 5.25. The third-order valence-electron chi connectivity index (χ3n) is 4.57. The molecule has 3 rings (SSSR count). The Hall–Kier alpha value is -2.39. The normalized spacial score (nSPS) is 16.4. The van der Waals surface area contributed by atoms with Crippen molar-refractivity contribution in [1.29, 1.82) is 0 Å². The van der Waals surface area contributed by atoms with Gasteiger partial charge in [0.15, 0.2) is 0 Å². The summed E-state index contributed by atoms with van der Waals surface area (Å²) in [7, 11) is -2.94. The fourth-order valence-electron chi connectivity index (χ4n) is 3.24. The number of amides is 1. The SMILES string of the molecule is COC(=O)c1ccccc1S(=O)(=O)Nc1sc2c(c1C(N)=O)CC[C@@H](C)C2. The van der Waals surface area contributed by atoms with E-state index in [1.807, 2.05) is 0 Å². The second kappa shape index (κ2) is 7.32. The van der Waals surface area contributed by atoms with Gasteiger partial charge in [-0.15, -0.1) is 11.3 Å². The van der Waals surface area contributed by atoms with Gasteiger partial charge in [-0.25, -0.2) is 13.2 Å². The van der Waals surface area contributed by atoms with E-state index >= 15 is 0 Å². The molecule has 2 aromatic rings. The van der Waals surface area contributed by atoms with Crippen molar-refractivity contribution in [1.82, 2.24) is 0 Å². The third kappa shape index (κ3) is 3.70. The van der Waals surface area contributed by atoms with Crippen molar-refractivity contribution in [3.05, 3.63) is 45.8 Å². The smallest absolute Gasteiger partial charge is 0.339 e. The van der Waals surface area contributed by atoms with Crippen LogP contribution in [0.2, 0.25) is 0 Å². The van der Waals surface area contributed by atoms with Gasteiger partial charge < -0.3 is 10.5 Å². The number of fused-ring (bicyclic) bond motifs is 1. The number of ether oxygens (including phenoxy) is 1. The average molecular weight is 409 g/mol. The van der Waals surface area contributed by atoms with E-state index in [1.54, 1.807) is 6.07 Å². The summed E-state index contributed by atoms with van der Waals surface area (Å²) in [6.45, 7) is 2.11. The molecule has 1 aromatic carbocycles. The molecule has 7 nitrogen and oxygen atoms in total. The summed E-state index contributed by atoms with van der Waals surface area (Å²) in [5.41, 5.74) is 6.50. The number of methoxy groups -OCH3 is 1. The Balaban J connectivity index is 2.05. The quantitative estimate of drug-likeness (QED) is 0.738. The van der Waals surface area contributed by atoms with Crippen molar-refractivity contribution in [2.24, 2.45) is 11.7 Å². The summed E-state index contributed by atoms with van der Waals surface area (Å²) in [5.74, 6) is -0.965. The molecule has 0 radical (unpaired) electrons. The molecular formula is C18H20N2O5S2. The molecule has 1 heterocycles. The van der Waals surface area contributed by atoms with E-state index in [2.05, 4.69) is 16.4 Å². The van der Waals surface area contributed by atoms with Gasteiger partial charge in [-0.1, -0.05) is 19.1 Å². The molecule has 0 fully saturated rings. The van der Waals surface area contributed by atoms with Gasteiger partial charge in [-0.3, -0.25) is 9.52 Å². The minimum Gasteiger partial charge on any atom is -0.465 e. The molecule has 1 aromatic heterocycles. The Morgan fingerprint density at radius 1 is 1.30 bits per heavy atom. The maximum absolute atomic E-state index is 12.9. The number of hydrogen-bond acceptors (Lipinski definition) is 6. The van der Waals surface area contributed by atoms with E-state index in [1.165, 1.54) is 36.6 Å². The first-order valence-electron chi connectivity index (χ1n) is 8.39. The molecule has 1 aliphatic carbocycles. The lowest BCUT2D eigenvalue weighted by molar-refractivity contribution is 0.0596. The van der Waals surface area contributed by atoms with Gasteiger partial charge >= 0.3 is 5.97 Å². The molecule has 9 heteroatoms. The number of nitrogens with two attached hydrogens (primary N) is 1. The molecule has 0 spiro atoms. The summed E-state index contributed by atoms with van der Waals surface area (Å²) in [4.78, 5) is 24.7. The summed E-state index contributed by atoms with van der Waals surface area (Å²) in [5, 5.41) is 0.196. The van der Waals surface area contributed by atoms with Crippen LogP contribution in [0.15, 0.2) is 29.2 Å². The van der Waals surface area contributed by atoms with Crippen LogP contribution < -0.4 is 10.5 Å². The number of anilines is 1. The van der Waals surface area contributed by atoms with Gasteiger partial charge in [-0.05, 0) is 42.9 Å². The van der Waals surface area contributed by atoms with Gasteiger partial charge in [0, 0.05) is 4.88 Å². The second-order valence-electron chi connectivity index (χ2n) is 6.51. The van der Waals surface area contributed by atoms with Crippen LogP contribution in [0.3, 0.4) is 0 Å². The molecule has 144 valence electrons. The first kappa shape index (κ1) is 19.4. The fourth-order valence-corrected chi connectivity index (χ4v) is 6.16. The van der Waals surface area contributed by atoms with Crippen molar-refractivity contribution in [2.75, 3.05) is 11.8 Å². The Morgan fingerprint density at radius 2 is 2.00 bits per heavy atom. The summed E-state index contributed by atoms with van der Waals surface area (Å²) in [6, 6.07) is 5.74. The predicted molar refractivity (Wildman–Crippen MR) is 103 cm³/mol. The Morgan fingerprint density at radius 3 is 2.67 bits per heavy atom. The van der Waals surface area contributed by atoms with E-state index in [0.717, 1.165) is 23.3 Å². The van der Waals surface area contributed by atoms with E-state index in [-0.39, 0.29) is 21.0 Å². The standard InChI is InChI=1S/C18H20N2O5S2/c1-10-7-8-11-13(9-10)26-17(15(11)16(19)21)20-27(23,24)14-6-4-3-5-12(14)18(22)25-2/h3-6,10,20H,7-9H2,1-2H3,(H2,19,21)/t10-/m1/s1. The molecule has 0 saturated heterocycles. The number of sulfonamides is 1. The average Bonchev–Trinajstić information content (AvgIpc) is 2.97. The number of thiophene rings is 1. The Bertz CT molecular complexity index is 1010. The molecule has 1 atom stereocenters. The van der Waals surface area contributed by atoms with Gasteiger partial charge in [0.25, 0.3) is 15.9 Å². The molecule has 0 bridgehead atoms. The summed E-state index contributed by atoms with van der Waals surface area (Å²) >= 11 is 1.23. The zero-order valence-electron chi connectivity index (χ0n) is 14.9. The number of esters is 1. The Labute approximate surface area is 161 Å². The topological polar surface area (TPSA) is 116 Å². The predicted octanol–water partition coefficient (Wildman–Crippen LogP) is 2.56. The second-order valence-corrected chi connectivity index (χ2v) is 9.27. The largest absolute Gasteiger partial charge is 0.465 e. The van der Waals surface area contributed by atoms with Crippen molar-refractivity contribution < 1.29 is 22.7 Å². The lowest BCUT2D eigenvalue weighted by Crippen LogP contribution is -2.21. The molecule has 1 amide bonds. The van der Waals surface area contributed by atoms with Crippen molar-refractivity contribution in [3.8, 4) is 0 Å². The summed E-state index contributed by atoms with van der Waals surface area (Å²) < 4.78 is 33.0. The maximum atomic E-state index is 12.9. The number of nitrogens with one attached hydrogen (secondary N) is 1. The zero-order valence-corrected chi connectivity index (χ0v) is 16.6. The highest BCUT2D eigenvalue weighted by atomic mass is 32.2. The highest BCUT2D eigenvalue weighted by Crippen LogP contribution is 2.40. The monoisotopic (exact) mass is 408 g/mol. The van der Waals surface area contributed by atoms with Gasteiger partial charge in [-0.2, -0.15) is 0 Å². The lowest BCUT2D eigenvalue weighted by atomic mass is 9.88. The first-order valence-corrected chi connectivity index (χ1v) is 10.7. The van der Waals surface area contributed by atoms with Crippen LogP contribution in [-0.2, 0) is 27.6 Å². The number of carbonyl (C=O) groups excluding carboxylic acids is 2. The maximum Gasteiger partial charge on any atom is 0.339 e. The van der Waals surface area contributed by atoms with E-state index in [0.29, 0.717) is 12.3 Å². The number of benzene rings is 1. The molecule has 0 aliphatic heterocycles. The van der Waals surface area contributed by atoms with Crippen molar-refractivity contribution in [2.45, 2.75) is 31.1 Å². The van der Waals surface area contributed by atoms with Crippen LogP contribution in [0.1, 0.15) is 44.5 Å². The van der Waals surface area contributed by atoms with Crippen LogP contribution in [0.5, 0.6) is 0 Å². The number of primary amides is 1. The molecule has 3 N–H and O–H groups in total. The molecule has 1 aliphatic rings. The summed E-state index contributed by atoms with van der Waals surface area (Å²) in [6.07, 6.45) is 2.38. The van der Waals surface area contributed by atoms with Crippen LogP contribution in [-0.4, -0.2) is 27.4 Å². The van der Waals surface area contributed by atoms with Gasteiger partial charge in [0.1, 0.15) is 9.90 Å². The number of carbonyl (C=O) groups is 2. The molecule has 27 heavy (non-hydrogen) atoms. The van der Waals surface area contributed by atoms with E-state index in [9.17, 15) is 18.0 Å². The minimum absolute atomic E-state index is 0.0805. The highest BCUT2D eigenvalue weighted by molar-refractivity contribution is 7.93. The van der Waals surface area contributed by atoms with Crippen LogP contribution >= 0.6 is 11.3 Å². The van der Waals surface area contributed by atoms with Crippen LogP contribution in [0.25, 0.3) is 0 Å². The lowest BCUT2D eigenvalue weighted by Gasteiger charge is -2.18. The molecule has 0 saturated carbocycles. The molecule has 0 unspecified atom stereocenters. The van der Waals surface area contributed by atoms with Crippen molar-refractivity contribution >= 4 is 38.2 Å². The molecular weight excluding hydrogens is 388 g/mol. The van der Waals surface area contributed by atoms with Crippen molar-refractivity contribution in [3.63, 3.8) is 0 Å².